The van der Waals surface area contributed by atoms with E-state index in [-0.39, 0.29) is 0 Å². The van der Waals surface area contributed by atoms with Gasteiger partial charge in [-0.3, -0.25) is 26.4 Å². The predicted molar refractivity (Wildman–Crippen MR) is 561 cm³/mol. The van der Waals surface area contributed by atoms with Gasteiger partial charge in [-0.05, 0) is 254 Å². The highest BCUT2D eigenvalue weighted by atomic mass is 32.1. The molecule has 16 heteroatoms. The van der Waals surface area contributed by atoms with Crippen LogP contribution < -0.4 is 0 Å². The van der Waals surface area contributed by atoms with Gasteiger partial charge < -0.3 is 0 Å². The van der Waals surface area contributed by atoms with Gasteiger partial charge in [0.15, 0.2) is 0 Å². The number of rotatable bonds is 5. The van der Waals surface area contributed by atoms with Crippen molar-refractivity contribution in [3.63, 3.8) is 0 Å². The van der Waals surface area contributed by atoms with Crippen molar-refractivity contribution >= 4 is 247 Å². The Morgan fingerprint density at radius 3 is 0.676 bits per heavy atom. The fourth-order valence-corrected chi connectivity index (χ4v) is 23.7. The molecule has 0 radical (unpaired) electrons. The van der Waals surface area contributed by atoms with Gasteiger partial charge in [0.1, 0.15) is 16.6 Å². The van der Waals surface area contributed by atoms with Gasteiger partial charge in [-0.25, -0.2) is 43.1 Å². The third-order valence-electron chi connectivity index (χ3n) is 28.9. The smallest absolute Gasteiger partial charge is 0.223 e. The molecule has 0 N–H and O–H groups in total. The maximum absolute atomic E-state index is 5.28. The number of aromatic nitrogens is 15. The van der Waals surface area contributed by atoms with Crippen molar-refractivity contribution in [2.75, 3.05) is 0 Å². The molecule has 0 aliphatic rings. The molecule has 0 saturated carbocycles. The standard InChI is InChI=1S/C40H21N5S.2C40H23N5/c1-3-9-24-18-32-30(16-22(24)7-1)41-39-43(32)34-20-27(26-13-14-37-29(15-26)28-11-5-6-12-36(28)46-37)21-35-38(34)45(39)40-42-31-17-23-8-2-4-10-25(23)19-33(31)44(35)40;1-2-9-24(10-3-1)25-15-8-16-26(17-25)31-22-36-38-37(23-31)44-35-21-30-14-7-5-12-28(30)19-33(35)42-40(44)45(38)39-41-32-18-27-11-4-6-13-29(27)20-34(32)43(36)39;1-2-8-24(9-3-1)25-14-16-26(17-15-25)31-22-36-38-37(23-31)44-35-21-30-13-7-5-11-28(30)19-33(35)42-40(44)45(38)39-41-32-18-27-10-4-6-12-29(27)20-34(32)43(36)39/h1-21H;2*1-23H. The van der Waals surface area contributed by atoms with Gasteiger partial charge >= 0.3 is 0 Å². The molecule has 0 spiro atoms. The Balaban J connectivity index is 0.0000000932. The number of hydrogen-bond acceptors (Lipinski definition) is 7. The van der Waals surface area contributed by atoms with Crippen LogP contribution in [0.15, 0.2) is 406 Å². The zero-order valence-corrected chi connectivity index (χ0v) is 73.1. The molecule has 13 aromatic heterocycles. The lowest BCUT2D eigenvalue weighted by Gasteiger charge is -2.08. The van der Waals surface area contributed by atoms with E-state index in [0.717, 1.165) is 162 Å². The first-order valence-corrected chi connectivity index (χ1v) is 46.8. The predicted octanol–water partition coefficient (Wildman–Crippen LogP) is 30.0. The summed E-state index contributed by atoms with van der Waals surface area (Å²) in [5.41, 5.74) is 34.6. The molecular formula is C120H67N15S. The van der Waals surface area contributed by atoms with E-state index in [1.54, 1.807) is 0 Å². The topological polar surface area (TPSA) is 117 Å². The minimum Gasteiger partial charge on any atom is -0.276 e. The molecule has 15 nitrogen and oxygen atoms in total. The third kappa shape index (κ3) is 10.1. The molecule has 0 atom stereocenters. The lowest BCUT2D eigenvalue weighted by Crippen LogP contribution is -1.89. The van der Waals surface area contributed by atoms with Gasteiger partial charge in [-0.15, -0.1) is 11.3 Å². The molecule has 0 fully saturated rings. The zero-order chi connectivity index (χ0) is 88.1. The molecule has 0 unspecified atom stereocenters. The van der Waals surface area contributed by atoms with Gasteiger partial charge in [0.25, 0.3) is 0 Å². The summed E-state index contributed by atoms with van der Waals surface area (Å²) >= 11 is 1.86. The largest absolute Gasteiger partial charge is 0.276 e. The van der Waals surface area contributed by atoms with Gasteiger partial charge in [0.05, 0.1) is 99.3 Å². The Kier molecular flexibility index (Phi) is 14.2. The number of hydrogen-bond donors (Lipinski definition) is 0. The first kappa shape index (κ1) is 72.4. The van der Waals surface area contributed by atoms with E-state index in [1.165, 1.54) is 129 Å². The molecule has 0 amide bonds. The second kappa shape index (κ2) is 26.7. The van der Waals surface area contributed by atoms with Crippen LogP contribution in [0.1, 0.15) is 0 Å². The third-order valence-corrected chi connectivity index (χ3v) is 30.0. The minimum atomic E-state index is 0.880. The first-order valence-electron chi connectivity index (χ1n) is 46.0. The Morgan fingerprint density at radius 2 is 0.360 bits per heavy atom. The SMILES string of the molecule is c1ccc(-c2ccc(-c3cc4c5c(c3)n3c6cc7ccccc7cc6nc3n5c3nc5cc6ccccc6cc5n43)cc2)cc1.c1ccc(-c2cccc(-c3cc4c5c(c3)n3c6cc7ccccc7cc6nc3n5c3nc5cc6ccccc6cc5n43)c2)cc1.c1ccc2cc3c(cc2c1)nc1n3c2cc(-c3ccc4sc5ccccc5c4c3)cc3c2n1c1nc2cc4ccccc4cc2n31. The summed E-state index contributed by atoms with van der Waals surface area (Å²) in [7, 11) is 0. The van der Waals surface area contributed by atoms with Crippen molar-refractivity contribution < 1.29 is 0 Å². The fourth-order valence-electron chi connectivity index (χ4n) is 22.6. The normalized spacial score (nSPS) is 12.6. The van der Waals surface area contributed by atoms with E-state index in [1.807, 2.05) is 11.3 Å². The van der Waals surface area contributed by atoms with Crippen LogP contribution >= 0.6 is 11.3 Å². The Hall–Kier alpha value is -18.4. The lowest BCUT2D eigenvalue weighted by molar-refractivity contribution is 1.15. The molecule has 34 aromatic rings. The number of fused-ring (bicyclic) bond motifs is 39. The minimum absolute atomic E-state index is 0.880. The van der Waals surface area contributed by atoms with Crippen molar-refractivity contribution in [1.29, 1.82) is 0 Å². The van der Waals surface area contributed by atoms with Crippen LogP contribution in [0, 0.1) is 0 Å². The lowest BCUT2D eigenvalue weighted by atomic mass is 9.98. The van der Waals surface area contributed by atoms with Crippen LogP contribution in [0.25, 0.3) is 291 Å². The van der Waals surface area contributed by atoms with Crippen LogP contribution in [-0.2, 0) is 0 Å². The zero-order valence-electron chi connectivity index (χ0n) is 72.3. The number of thiophene rings is 1. The van der Waals surface area contributed by atoms with Crippen LogP contribution in [0.5, 0.6) is 0 Å². The quantitative estimate of drug-likeness (QED) is 0.169. The summed E-state index contributed by atoms with van der Waals surface area (Å²) in [4.78, 5) is 31.6. The molecule has 0 bridgehead atoms. The van der Waals surface area contributed by atoms with E-state index in [2.05, 4.69) is 446 Å². The van der Waals surface area contributed by atoms with Gasteiger partial charge in [-0.2, -0.15) is 0 Å². The summed E-state index contributed by atoms with van der Waals surface area (Å²) in [5.74, 6) is 5.29. The molecule has 0 aliphatic heterocycles. The summed E-state index contributed by atoms with van der Waals surface area (Å²) in [6, 6.07) is 147. The highest BCUT2D eigenvalue weighted by molar-refractivity contribution is 7.25. The van der Waals surface area contributed by atoms with Crippen molar-refractivity contribution in [3.05, 3.63) is 406 Å². The maximum Gasteiger partial charge on any atom is 0.223 e. The molecule has 21 aromatic carbocycles. The van der Waals surface area contributed by atoms with E-state index in [0.29, 0.717) is 0 Å². The second-order valence-corrected chi connectivity index (χ2v) is 37.5. The number of nitrogens with zero attached hydrogens (tertiary/aromatic N) is 15. The first-order chi connectivity index (χ1) is 67.3. The van der Waals surface area contributed by atoms with E-state index >= 15 is 0 Å². The molecule has 136 heavy (non-hydrogen) atoms. The van der Waals surface area contributed by atoms with Crippen molar-refractivity contribution in [3.8, 4) is 55.6 Å². The second-order valence-electron chi connectivity index (χ2n) is 36.4. The van der Waals surface area contributed by atoms with Gasteiger partial charge in [0.2, 0.25) is 34.7 Å². The summed E-state index contributed by atoms with van der Waals surface area (Å²) < 4.78 is 23.4. The number of benzene rings is 21. The monoisotopic (exact) mass is 1750 g/mol. The highest BCUT2D eigenvalue weighted by Crippen LogP contribution is 2.47. The van der Waals surface area contributed by atoms with E-state index < -0.39 is 0 Å². The van der Waals surface area contributed by atoms with Crippen molar-refractivity contribution in [2.45, 2.75) is 0 Å². The van der Waals surface area contributed by atoms with Crippen LogP contribution in [0.4, 0.5) is 0 Å². The van der Waals surface area contributed by atoms with Gasteiger partial charge in [-0.1, -0.05) is 273 Å². The summed E-state index contributed by atoms with van der Waals surface area (Å²) in [5, 5.41) is 17.0. The molecule has 13 heterocycles. The van der Waals surface area contributed by atoms with E-state index in [4.69, 9.17) is 29.9 Å². The van der Waals surface area contributed by atoms with Crippen LogP contribution in [-0.4, -0.2) is 69.5 Å². The summed E-state index contributed by atoms with van der Waals surface area (Å²) in [6.07, 6.45) is 0. The Morgan fingerprint density at radius 1 is 0.140 bits per heavy atom. The Labute approximate surface area is 772 Å². The van der Waals surface area contributed by atoms with Crippen LogP contribution in [0.3, 0.4) is 0 Å². The van der Waals surface area contributed by atoms with Crippen LogP contribution in [0.2, 0.25) is 0 Å². The molecule has 0 aliphatic carbocycles. The highest BCUT2D eigenvalue weighted by Gasteiger charge is 2.31. The average Bonchev–Trinajstić information content (AvgIpc) is 1.52. The average molecular weight is 1750 g/mol. The van der Waals surface area contributed by atoms with Gasteiger partial charge in [0, 0.05) is 20.2 Å². The fraction of sp³-hybridized carbons (Fsp3) is 0. The maximum atomic E-state index is 5.28. The molecule has 0 saturated heterocycles. The number of imidazole rings is 12. The van der Waals surface area contributed by atoms with Crippen molar-refractivity contribution in [2.24, 2.45) is 0 Å². The molecule has 34 rings (SSSR count). The van der Waals surface area contributed by atoms with Crippen molar-refractivity contribution in [1.82, 2.24) is 69.5 Å². The van der Waals surface area contributed by atoms with E-state index in [9.17, 15) is 0 Å². The molecule has 628 valence electrons. The Bertz CT molecular complexity index is 10700. The summed E-state index contributed by atoms with van der Waals surface area (Å²) in [6.45, 7) is 0. The molecular weight excluding hydrogens is 1680 g/mol.